The van der Waals surface area contributed by atoms with Gasteiger partial charge in [-0.25, -0.2) is 0 Å². The Labute approximate surface area is 275 Å². The van der Waals surface area contributed by atoms with E-state index < -0.39 is 17.1 Å². The summed E-state index contributed by atoms with van der Waals surface area (Å²) in [4.78, 5) is 41.6. The van der Waals surface area contributed by atoms with Crippen molar-refractivity contribution in [2.75, 3.05) is 17.7 Å². The van der Waals surface area contributed by atoms with Gasteiger partial charge in [-0.05, 0) is 86.7 Å². The zero-order valence-electron chi connectivity index (χ0n) is 25.3. The highest BCUT2D eigenvalue weighted by molar-refractivity contribution is 8.00. The maximum atomic E-state index is 13.6. The molecule has 0 saturated heterocycles. The molecule has 0 radical (unpaired) electrons. The number of thioether (sulfide) groups is 1. The number of carbonyl (C=O) groups is 3. The Balaban J connectivity index is 1.31. The van der Waals surface area contributed by atoms with Gasteiger partial charge in [0.25, 0.3) is 11.8 Å². The molecule has 234 valence electrons. The molecule has 0 saturated carbocycles. The van der Waals surface area contributed by atoms with Crippen molar-refractivity contribution in [2.24, 2.45) is 0 Å². The molecule has 46 heavy (non-hydrogen) atoms. The molecule has 5 rings (SSSR count). The highest BCUT2D eigenvalue weighted by Crippen LogP contribution is 2.38. The summed E-state index contributed by atoms with van der Waals surface area (Å²) in [6, 6.07) is 22.3. The van der Waals surface area contributed by atoms with Gasteiger partial charge in [-0.15, -0.1) is 23.1 Å². The maximum Gasteiger partial charge on any atom is 0.272 e. The molecule has 4 aromatic rings. The molecule has 9 nitrogen and oxygen atoms in total. The topological polar surface area (TPSA) is 141 Å². The minimum atomic E-state index is -0.585. The van der Waals surface area contributed by atoms with E-state index >= 15 is 0 Å². The number of nitrogens with zero attached hydrogens (tertiary/aromatic N) is 1. The Hall–Kier alpha value is -5.05. The van der Waals surface area contributed by atoms with E-state index in [2.05, 4.69) is 22.0 Å². The number of phenolic OH excluding ortho intramolecular Hbond substituents is 1. The van der Waals surface area contributed by atoms with E-state index in [1.807, 2.05) is 6.07 Å². The Morgan fingerprint density at radius 2 is 1.80 bits per heavy atom. The largest absolute Gasteiger partial charge is 0.508 e. The van der Waals surface area contributed by atoms with Crippen LogP contribution in [0.1, 0.15) is 51.7 Å². The Bertz CT molecular complexity index is 1850. The number of nitriles is 1. The molecule has 0 bridgehead atoms. The van der Waals surface area contributed by atoms with E-state index in [0.717, 1.165) is 36.1 Å². The van der Waals surface area contributed by atoms with Crippen LogP contribution in [0, 0.1) is 11.3 Å². The number of hydrogen-bond donors (Lipinski definition) is 4. The van der Waals surface area contributed by atoms with Crippen molar-refractivity contribution in [3.63, 3.8) is 0 Å². The number of ether oxygens (including phenoxy) is 1. The predicted molar refractivity (Wildman–Crippen MR) is 181 cm³/mol. The molecule has 4 N–H and O–H groups in total. The van der Waals surface area contributed by atoms with Crippen LogP contribution in [0.5, 0.6) is 11.5 Å². The number of methoxy groups -OCH3 is 1. The summed E-state index contributed by atoms with van der Waals surface area (Å²) in [7, 11) is 1.44. The summed E-state index contributed by atoms with van der Waals surface area (Å²) in [5.74, 6) is -0.973. The zero-order chi connectivity index (χ0) is 32.6. The third kappa shape index (κ3) is 7.77. The van der Waals surface area contributed by atoms with Crippen LogP contribution in [0.3, 0.4) is 0 Å². The van der Waals surface area contributed by atoms with Crippen LogP contribution in [0.2, 0.25) is 0 Å². The number of aromatic hydroxyl groups is 1. The molecule has 0 aliphatic heterocycles. The monoisotopic (exact) mass is 652 g/mol. The number of benzene rings is 3. The number of rotatable bonds is 10. The summed E-state index contributed by atoms with van der Waals surface area (Å²) in [5, 5.41) is 28.2. The van der Waals surface area contributed by atoms with E-state index in [9.17, 15) is 24.8 Å². The van der Waals surface area contributed by atoms with E-state index in [4.69, 9.17) is 4.74 Å². The second-order valence-electron chi connectivity index (χ2n) is 10.6. The average molecular weight is 653 g/mol. The van der Waals surface area contributed by atoms with Gasteiger partial charge in [0.1, 0.15) is 28.3 Å². The molecule has 3 amide bonds. The lowest BCUT2D eigenvalue weighted by Gasteiger charge is -2.14. The van der Waals surface area contributed by atoms with E-state index in [-0.39, 0.29) is 17.4 Å². The van der Waals surface area contributed by atoms with Crippen LogP contribution >= 0.6 is 23.1 Å². The molecule has 1 heterocycles. The second kappa shape index (κ2) is 14.8. The number of carbonyl (C=O) groups excluding carboxylic acids is 3. The number of nitrogens with one attached hydrogen (secondary N) is 3. The number of aryl methyl sites for hydroxylation is 1. The van der Waals surface area contributed by atoms with E-state index in [1.54, 1.807) is 61.5 Å². The molecule has 1 aromatic heterocycles. The maximum absolute atomic E-state index is 13.6. The second-order valence-corrected chi connectivity index (χ2v) is 13.1. The lowest BCUT2D eigenvalue weighted by atomic mass is 9.96. The van der Waals surface area contributed by atoms with Crippen molar-refractivity contribution in [2.45, 2.75) is 42.8 Å². The van der Waals surface area contributed by atoms with Crippen LogP contribution in [0.25, 0.3) is 6.08 Å². The van der Waals surface area contributed by atoms with Crippen LogP contribution in [0.4, 0.5) is 10.7 Å². The van der Waals surface area contributed by atoms with Gasteiger partial charge >= 0.3 is 0 Å². The number of fused-ring (bicyclic) bond motifs is 1. The molecule has 11 heteroatoms. The summed E-state index contributed by atoms with van der Waals surface area (Å²) < 4.78 is 5.36. The van der Waals surface area contributed by atoms with Crippen molar-refractivity contribution in [3.8, 4) is 17.6 Å². The lowest BCUT2D eigenvalue weighted by molar-refractivity contribution is -0.115. The molecule has 3 aromatic carbocycles. The van der Waals surface area contributed by atoms with Crippen molar-refractivity contribution >= 4 is 57.6 Å². The van der Waals surface area contributed by atoms with E-state index in [1.165, 1.54) is 53.3 Å². The highest BCUT2D eigenvalue weighted by Gasteiger charge is 2.24. The Kier molecular flexibility index (Phi) is 10.4. The van der Waals surface area contributed by atoms with Gasteiger partial charge in [0.05, 0.1) is 17.9 Å². The zero-order valence-corrected chi connectivity index (χ0v) is 26.9. The predicted octanol–water partition coefficient (Wildman–Crippen LogP) is 6.74. The number of hydrogen-bond acceptors (Lipinski definition) is 8. The molecule has 1 unspecified atom stereocenters. The summed E-state index contributed by atoms with van der Waals surface area (Å²) in [6.45, 7) is 1.79. The Morgan fingerprint density at radius 3 is 2.57 bits per heavy atom. The van der Waals surface area contributed by atoms with Gasteiger partial charge < -0.3 is 25.8 Å². The molecular formula is C35H32N4O5S2. The minimum Gasteiger partial charge on any atom is -0.508 e. The van der Waals surface area contributed by atoms with Crippen LogP contribution < -0.4 is 20.7 Å². The van der Waals surface area contributed by atoms with Crippen molar-refractivity contribution in [1.29, 1.82) is 5.26 Å². The number of anilines is 2. The fourth-order valence-electron chi connectivity index (χ4n) is 5.01. The van der Waals surface area contributed by atoms with Crippen LogP contribution in [0.15, 0.2) is 83.4 Å². The van der Waals surface area contributed by atoms with Crippen molar-refractivity contribution in [3.05, 3.63) is 106 Å². The normalized spacial score (nSPS) is 13.1. The molecule has 0 fully saturated rings. The van der Waals surface area contributed by atoms with Gasteiger partial charge in [0.15, 0.2) is 0 Å². The van der Waals surface area contributed by atoms with Crippen LogP contribution in [-0.4, -0.2) is 35.2 Å². The molecule has 0 spiro atoms. The quantitative estimate of drug-likeness (QED) is 0.110. The summed E-state index contributed by atoms with van der Waals surface area (Å²) in [5.41, 5.74) is 2.88. The summed E-state index contributed by atoms with van der Waals surface area (Å²) in [6.07, 6.45) is 5.40. The van der Waals surface area contributed by atoms with Gasteiger partial charge in [-0.3, -0.25) is 14.4 Å². The fraction of sp³-hybridized carbons (Fsp3) is 0.200. The highest BCUT2D eigenvalue weighted by atomic mass is 32.2. The third-order valence-electron chi connectivity index (χ3n) is 7.34. The molecule has 1 atom stereocenters. The number of phenols is 1. The van der Waals surface area contributed by atoms with E-state index in [0.29, 0.717) is 33.1 Å². The van der Waals surface area contributed by atoms with Gasteiger partial charge in [-0.2, -0.15) is 5.26 Å². The van der Waals surface area contributed by atoms with Crippen LogP contribution in [-0.2, 0) is 22.4 Å². The lowest BCUT2D eigenvalue weighted by Crippen LogP contribution is -2.30. The molecular weight excluding hydrogens is 621 g/mol. The first-order valence-electron chi connectivity index (χ1n) is 14.6. The van der Waals surface area contributed by atoms with Crippen molar-refractivity contribution < 1.29 is 24.2 Å². The smallest absolute Gasteiger partial charge is 0.272 e. The first-order chi connectivity index (χ1) is 22.2. The first kappa shape index (κ1) is 32.3. The van der Waals surface area contributed by atoms with Gasteiger partial charge in [-0.1, -0.05) is 24.3 Å². The van der Waals surface area contributed by atoms with Gasteiger partial charge in [0.2, 0.25) is 5.91 Å². The first-order valence-corrected chi connectivity index (χ1v) is 16.3. The van der Waals surface area contributed by atoms with Crippen molar-refractivity contribution in [1.82, 2.24) is 5.32 Å². The Morgan fingerprint density at radius 1 is 1.02 bits per heavy atom. The van der Waals surface area contributed by atoms with Gasteiger partial charge in [0, 0.05) is 32.7 Å². The standard InChI is InChI=1S/C35H32N4O5S2/c1-21(32(41)39-35-28(20-36)27-13-6-7-14-31(27)46-35)45-26-12-8-11-24(18-26)37-34(43)29(38-33(42)22-9-4-3-5-10-22)17-23-15-16-25(40)19-30(23)44-2/h3-5,8-12,15-19,21,40H,6-7,13-14H2,1-2H3,(H,37,43)(H,38,42)(H,39,41)/b29-17+. The molecule has 1 aliphatic rings. The summed E-state index contributed by atoms with van der Waals surface area (Å²) >= 11 is 2.81. The number of thiophene rings is 1. The number of amides is 3. The third-order valence-corrected chi connectivity index (χ3v) is 9.64. The average Bonchev–Trinajstić information content (AvgIpc) is 3.42. The molecule has 1 aliphatic carbocycles. The minimum absolute atomic E-state index is 0.00874. The SMILES string of the molecule is COc1cc(O)ccc1/C=C(/NC(=O)c1ccccc1)C(=O)Nc1cccc(SC(C)C(=O)Nc2sc3c(c2C#N)CCCC3)c1. The fourth-order valence-corrected chi connectivity index (χ4v) is 7.17.